The third-order valence-electron chi connectivity index (χ3n) is 4.02. The minimum absolute atomic E-state index is 0.153. The molecule has 0 aliphatic heterocycles. The Morgan fingerprint density at radius 1 is 1.00 bits per heavy atom. The number of hydrogen-bond donors (Lipinski definition) is 2. The summed E-state index contributed by atoms with van der Waals surface area (Å²) in [6.45, 7) is 3.37. The van der Waals surface area contributed by atoms with Crippen LogP contribution in [0.25, 0.3) is 16.8 Å². The Hall–Kier alpha value is -3.41. The molecule has 0 spiro atoms. The Labute approximate surface area is 151 Å². The topological polar surface area (TPSA) is 76.0 Å². The summed E-state index contributed by atoms with van der Waals surface area (Å²) in [6.07, 6.45) is 0. The minimum atomic E-state index is -0.176. The van der Waals surface area contributed by atoms with E-state index in [9.17, 15) is 9.59 Å². The summed E-state index contributed by atoms with van der Waals surface area (Å²) in [6, 6.07) is 16.9. The fraction of sp³-hybridized carbons (Fsp3) is 0.150. The van der Waals surface area contributed by atoms with Gasteiger partial charge < -0.3 is 10.6 Å². The zero-order valence-corrected chi connectivity index (χ0v) is 14.9. The van der Waals surface area contributed by atoms with Crippen molar-refractivity contribution in [1.82, 2.24) is 15.1 Å². The number of carbonyl (C=O) groups is 2. The van der Waals surface area contributed by atoms with Crippen LogP contribution in [0.1, 0.15) is 23.0 Å². The molecule has 0 unspecified atom stereocenters. The summed E-state index contributed by atoms with van der Waals surface area (Å²) in [7, 11) is 1.59. The summed E-state index contributed by atoms with van der Waals surface area (Å²) < 4.78 is 1.69. The van der Waals surface area contributed by atoms with Crippen LogP contribution in [0.5, 0.6) is 0 Å². The zero-order chi connectivity index (χ0) is 18.7. The molecule has 2 N–H and O–H groups in total. The maximum Gasteiger partial charge on any atom is 0.251 e. The van der Waals surface area contributed by atoms with E-state index >= 15 is 0 Å². The van der Waals surface area contributed by atoms with Crippen LogP contribution < -0.4 is 10.6 Å². The second-order valence-corrected chi connectivity index (χ2v) is 5.89. The van der Waals surface area contributed by atoms with Crippen molar-refractivity contribution in [3.05, 3.63) is 65.9 Å². The van der Waals surface area contributed by atoms with Crippen molar-refractivity contribution < 1.29 is 9.59 Å². The number of nitrogens with one attached hydrogen (secondary N) is 2. The van der Waals surface area contributed by atoms with Crippen LogP contribution in [0.15, 0.2) is 54.6 Å². The summed E-state index contributed by atoms with van der Waals surface area (Å²) >= 11 is 0. The molecular formula is C20H20N4O2. The van der Waals surface area contributed by atoms with Crippen molar-refractivity contribution in [2.24, 2.45) is 0 Å². The molecule has 0 aliphatic rings. The molecule has 0 atom stereocenters. The van der Waals surface area contributed by atoms with Gasteiger partial charge in [0.2, 0.25) is 5.91 Å². The highest BCUT2D eigenvalue weighted by Gasteiger charge is 2.19. The second-order valence-electron chi connectivity index (χ2n) is 5.89. The van der Waals surface area contributed by atoms with Crippen molar-refractivity contribution in [3.63, 3.8) is 0 Å². The lowest BCUT2D eigenvalue weighted by Crippen LogP contribution is -2.17. The van der Waals surface area contributed by atoms with Gasteiger partial charge >= 0.3 is 0 Å². The monoisotopic (exact) mass is 348 g/mol. The average molecular weight is 348 g/mol. The van der Waals surface area contributed by atoms with Crippen molar-refractivity contribution in [3.8, 4) is 16.8 Å². The molecule has 0 saturated carbocycles. The lowest BCUT2D eigenvalue weighted by atomic mass is 10.1. The van der Waals surface area contributed by atoms with Gasteiger partial charge in [-0.05, 0) is 36.8 Å². The highest BCUT2D eigenvalue weighted by Crippen LogP contribution is 2.33. The number of benzene rings is 2. The number of aryl methyl sites for hydroxylation is 1. The fourth-order valence-electron chi connectivity index (χ4n) is 2.85. The largest absolute Gasteiger partial charge is 0.355 e. The normalized spacial score (nSPS) is 10.4. The second kappa shape index (κ2) is 7.23. The van der Waals surface area contributed by atoms with Gasteiger partial charge in [-0.25, -0.2) is 4.68 Å². The standard InChI is InChI=1S/C20H20N4O2/c1-13-18(15-7-5-4-6-8-15)19(22-14(2)25)24(23-13)17-11-9-16(10-12-17)20(26)21-3/h4-12H,1-3H3,(H,21,26)(H,22,25). The Morgan fingerprint density at radius 2 is 1.65 bits per heavy atom. The average Bonchev–Trinajstić information content (AvgIpc) is 2.97. The SMILES string of the molecule is CNC(=O)c1ccc(-n2nc(C)c(-c3ccccc3)c2NC(C)=O)cc1. The van der Waals surface area contributed by atoms with E-state index in [0.29, 0.717) is 11.4 Å². The number of nitrogens with zero attached hydrogens (tertiary/aromatic N) is 2. The molecule has 3 aromatic rings. The van der Waals surface area contributed by atoms with Crippen LogP contribution in [0.3, 0.4) is 0 Å². The van der Waals surface area contributed by atoms with E-state index in [1.165, 1.54) is 6.92 Å². The third-order valence-corrected chi connectivity index (χ3v) is 4.02. The van der Waals surface area contributed by atoms with Crippen molar-refractivity contribution in [2.75, 3.05) is 12.4 Å². The highest BCUT2D eigenvalue weighted by atomic mass is 16.2. The molecule has 0 saturated heterocycles. The first-order valence-electron chi connectivity index (χ1n) is 8.26. The van der Waals surface area contributed by atoms with Crippen LogP contribution in [0.2, 0.25) is 0 Å². The van der Waals surface area contributed by atoms with Gasteiger partial charge in [-0.1, -0.05) is 30.3 Å². The van der Waals surface area contributed by atoms with Gasteiger partial charge in [-0.2, -0.15) is 5.10 Å². The van der Waals surface area contributed by atoms with Gasteiger partial charge in [0.25, 0.3) is 5.91 Å². The molecule has 0 bridgehead atoms. The zero-order valence-electron chi connectivity index (χ0n) is 14.9. The highest BCUT2D eigenvalue weighted by molar-refractivity contribution is 5.95. The molecule has 0 fully saturated rings. The smallest absolute Gasteiger partial charge is 0.251 e. The molecule has 1 heterocycles. The van der Waals surface area contributed by atoms with Crippen LogP contribution in [0, 0.1) is 6.92 Å². The van der Waals surface area contributed by atoms with Crippen molar-refractivity contribution in [2.45, 2.75) is 13.8 Å². The van der Waals surface area contributed by atoms with Gasteiger partial charge in [0, 0.05) is 25.1 Å². The Bertz CT molecular complexity index is 944. The molecule has 132 valence electrons. The maximum absolute atomic E-state index is 11.8. The van der Waals surface area contributed by atoms with Crippen molar-refractivity contribution in [1.29, 1.82) is 0 Å². The van der Waals surface area contributed by atoms with Gasteiger partial charge in [-0.3, -0.25) is 9.59 Å². The number of rotatable bonds is 4. The summed E-state index contributed by atoms with van der Waals surface area (Å²) in [5.41, 5.74) is 3.96. The molecular weight excluding hydrogens is 328 g/mol. The number of aromatic nitrogens is 2. The van der Waals surface area contributed by atoms with Gasteiger partial charge in [0.05, 0.1) is 11.4 Å². The maximum atomic E-state index is 11.8. The molecule has 1 aromatic heterocycles. The molecule has 6 heteroatoms. The molecule has 2 amide bonds. The van der Waals surface area contributed by atoms with Crippen LogP contribution in [-0.2, 0) is 4.79 Å². The molecule has 26 heavy (non-hydrogen) atoms. The van der Waals surface area contributed by atoms with E-state index in [-0.39, 0.29) is 11.8 Å². The molecule has 2 aromatic carbocycles. The molecule has 0 radical (unpaired) electrons. The summed E-state index contributed by atoms with van der Waals surface area (Å²) in [4.78, 5) is 23.5. The first-order chi connectivity index (χ1) is 12.5. The third kappa shape index (κ3) is 3.35. The van der Waals surface area contributed by atoms with E-state index in [1.807, 2.05) is 37.3 Å². The van der Waals surface area contributed by atoms with Crippen molar-refractivity contribution >= 4 is 17.6 Å². The van der Waals surface area contributed by atoms with Gasteiger partial charge in [-0.15, -0.1) is 0 Å². The van der Waals surface area contributed by atoms with E-state index in [1.54, 1.807) is 36.0 Å². The minimum Gasteiger partial charge on any atom is -0.355 e. The van der Waals surface area contributed by atoms with E-state index in [0.717, 1.165) is 22.5 Å². The fourth-order valence-corrected chi connectivity index (χ4v) is 2.85. The van der Waals surface area contributed by atoms with E-state index in [4.69, 9.17) is 0 Å². The van der Waals surface area contributed by atoms with Crippen LogP contribution in [0.4, 0.5) is 5.82 Å². The number of anilines is 1. The Morgan fingerprint density at radius 3 is 2.23 bits per heavy atom. The number of amides is 2. The van der Waals surface area contributed by atoms with Crippen LogP contribution >= 0.6 is 0 Å². The molecule has 6 nitrogen and oxygen atoms in total. The lowest BCUT2D eigenvalue weighted by molar-refractivity contribution is -0.114. The predicted molar refractivity (Wildman–Crippen MR) is 101 cm³/mol. The van der Waals surface area contributed by atoms with Crippen LogP contribution in [-0.4, -0.2) is 28.6 Å². The summed E-state index contributed by atoms with van der Waals surface area (Å²) in [5, 5.41) is 10.1. The number of carbonyl (C=O) groups excluding carboxylic acids is 2. The Balaban J connectivity index is 2.13. The van der Waals surface area contributed by atoms with E-state index in [2.05, 4.69) is 15.7 Å². The molecule has 3 rings (SSSR count). The van der Waals surface area contributed by atoms with Gasteiger partial charge in [0.1, 0.15) is 5.82 Å². The quantitative estimate of drug-likeness (QED) is 0.760. The number of hydrogen-bond acceptors (Lipinski definition) is 3. The predicted octanol–water partition coefficient (Wildman–Crippen LogP) is 3.17. The molecule has 0 aliphatic carbocycles. The van der Waals surface area contributed by atoms with Gasteiger partial charge in [0.15, 0.2) is 0 Å². The Kier molecular flexibility index (Phi) is 4.84. The summed E-state index contributed by atoms with van der Waals surface area (Å²) in [5.74, 6) is 0.277. The first-order valence-corrected chi connectivity index (χ1v) is 8.26. The lowest BCUT2D eigenvalue weighted by Gasteiger charge is -2.11. The first kappa shape index (κ1) is 17.4. The van der Waals surface area contributed by atoms with E-state index < -0.39 is 0 Å².